The average Bonchev–Trinajstić information content (AvgIpc) is 2.75. The minimum Gasteiger partial charge on any atom is -0.394 e. The number of nitrogens with one attached hydrogen (secondary N) is 1. The van der Waals surface area contributed by atoms with Crippen LogP contribution in [0.2, 0.25) is 0 Å². The van der Waals surface area contributed by atoms with Crippen LogP contribution in [0.5, 0.6) is 0 Å². The van der Waals surface area contributed by atoms with Crippen LogP contribution in [0.25, 0.3) is 0 Å². The third-order valence-electron chi connectivity index (χ3n) is 3.94. The molecule has 1 atom stereocenters. The minimum absolute atomic E-state index is 0.0843. The molecule has 0 aliphatic rings. The van der Waals surface area contributed by atoms with Gasteiger partial charge in [-0.25, -0.2) is 0 Å². The number of aliphatic hydroxyl groups excluding tert-OH is 2. The highest BCUT2D eigenvalue weighted by molar-refractivity contribution is 5.25. The van der Waals surface area contributed by atoms with Gasteiger partial charge in [-0.2, -0.15) is 5.10 Å². The van der Waals surface area contributed by atoms with Crippen molar-refractivity contribution in [2.24, 2.45) is 0 Å². The molecule has 0 saturated carbocycles. The van der Waals surface area contributed by atoms with E-state index in [0.717, 1.165) is 22.5 Å². The molecule has 1 aromatic carbocycles. The molecule has 2 rings (SSSR count). The molecule has 0 amide bonds. The van der Waals surface area contributed by atoms with Gasteiger partial charge >= 0.3 is 0 Å². The SMILES string of the molecule is Cc1ccc(C(O)CNCc2c(C)nn(CCO)c2C)cc1. The minimum atomic E-state index is -0.520. The van der Waals surface area contributed by atoms with Crippen molar-refractivity contribution in [1.29, 1.82) is 0 Å². The fourth-order valence-corrected chi connectivity index (χ4v) is 2.54. The van der Waals surface area contributed by atoms with Crippen LogP contribution in [-0.2, 0) is 13.1 Å². The van der Waals surface area contributed by atoms with Crippen molar-refractivity contribution in [3.63, 3.8) is 0 Å². The fraction of sp³-hybridized carbons (Fsp3) is 0.471. The van der Waals surface area contributed by atoms with Crippen LogP contribution in [-0.4, -0.2) is 33.1 Å². The lowest BCUT2D eigenvalue weighted by Crippen LogP contribution is -2.21. The lowest BCUT2D eigenvalue weighted by atomic mass is 10.1. The summed E-state index contributed by atoms with van der Waals surface area (Å²) in [4.78, 5) is 0. The smallest absolute Gasteiger partial charge is 0.0914 e. The molecular formula is C17H25N3O2. The standard InChI is InChI=1S/C17H25N3O2/c1-12-4-6-15(7-5-12)17(22)11-18-10-16-13(2)19-20(8-9-21)14(16)3/h4-7,17-18,21-22H,8-11H2,1-3H3. The van der Waals surface area contributed by atoms with Crippen LogP contribution in [0.3, 0.4) is 0 Å². The number of hydrogen-bond donors (Lipinski definition) is 3. The summed E-state index contributed by atoms with van der Waals surface area (Å²) in [7, 11) is 0. The lowest BCUT2D eigenvalue weighted by Gasteiger charge is -2.13. The first-order valence-electron chi connectivity index (χ1n) is 7.62. The third kappa shape index (κ3) is 3.94. The van der Waals surface area contributed by atoms with E-state index in [1.165, 1.54) is 5.56 Å². The molecule has 5 nitrogen and oxygen atoms in total. The van der Waals surface area contributed by atoms with Gasteiger partial charge in [-0.05, 0) is 26.3 Å². The first-order chi connectivity index (χ1) is 10.5. The molecule has 1 unspecified atom stereocenters. The summed E-state index contributed by atoms with van der Waals surface area (Å²) in [6.07, 6.45) is -0.520. The highest BCUT2D eigenvalue weighted by atomic mass is 16.3. The number of rotatable bonds is 7. The number of aromatic nitrogens is 2. The molecule has 0 spiro atoms. The summed E-state index contributed by atoms with van der Waals surface area (Å²) in [6.45, 7) is 7.75. The molecule has 3 N–H and O–H groups in total. The van der Waals surface area contributed by atoms with E-state index < -0.39 is 6.10 Å². The van der Waals surface area contributed by atoms with Gasteiger partial charge in [-0.15, -0.1) is 0 Å². The highest BCUT2D eigenvalue weighted by Crippen LogP contribution is 2.15. The summed E-state index contributed by atoms with van der Waals surface area (Å²) >= 11 is 0. The van der Waals surface area contributed by atoms with E-state index in [0.29, 0.717) is 19.6 Å². The molecule has 0 fully saturated rings. The van der Waals surface area contributed by atoms with E-state index in [2.05, 4.69) is 10.4 Å². The lowest BCUT2D eigenvalue weighted by molar-refractivity contribution is 0.174. The second kappa shape index (κ2) is 7.54. The Labute approximate surface area is 131 Å². The van der Waals surface area contributed by atoms with E-state index in [1.807, 2.05) is 49.7 Å². The largest absolute Gasteiger partial charge is 0.394 e. The van der Waals surface area contributed by atoms with Gasteiger partial charge in [0.2, 0.25) is 0 Å². The number of hydrogen-bond acceptors (Lipinski definition) is 4. The Hall–Kier alpha value is -1.69. The van der Waals surface area contributed by atoms with Crippen molar-refractivity contribution in [2.75, 3.05) is 13.2 Å². The molecular weight excluding hydrogens is 278 g/mol. The quantitative estimate of drug-likeness (QED) is 0.727. The number of aliphatic hydroxyl groups is 2. The van der Waals surface area contributed by atoms with Gasteiger partial charge in [0.05, 0.1) is 24.9 Å². The van der Waals surface area contributed by atoms with Crippen molar-refractivity contribution >= 4 is 0 Å². The van der Waals surface area contributed by atoms with Gasteiger partial charge in [0.25, 0.3) is 0 Å². The van der Waals surface area contributed by atoms with Crippen molar-refractivity contribution in [2.45, 2.75) is 40.0 Å². The Morgan fingerprint density at radius 2 is 1.86 bits per heavy atom. The molecule has 2 aromatic rings. The van der Waals surface area contributed by atoms with Gasteiger partial charge in [0.15, 0.2) is 0 Å². The zero-order valence-electron chi connectivity index (χ0n) is 13.5. The zero-order chi connectivity index (χ0) is 16.1. The molecule has 1 aromatic heterocycles. The molecule has 0 saturated heterocycles. The summed E-state index contributed by atoms with van der Waals surface area (Å²) < 4.78 is 1.82. The Kier molecular flexibility index (Phi) is 5.71. The maximum atomic E-state index is 10.2. The summed E-state index contributed by atoms with van der Waals surface area (Å²) in [6, 6.07) is 7.92. The van der Waals surface area contributed by atoms with E-state index in [9.17, 15) is 5.11 Å². The van der Waals surface area contributed by atoms with Crippen molar-refractivity contribution in [3.05, 3.63) is 52.3 Å². The predicted molar refractivity (Wildman–Crippen MR) is 86.6 cm³/mol. The summed E-state index contributed by atoms with van der Waals surface area (Å²) in [5, 5.41) is 26.9. The van der Waals surface area contributed by atoms with Crippen molar-refractivity contribution in [3.8, 4) is 0 Å². The van der Waals surface area contributed by atoms with Gasteiger partial charge in [0.1, 0.15) is 0 Å². The average molecular weight is 303 g/mol. The van der Waals surface area contributed by atoms with Crippen molar-refractivity contribution in [1.82, 2.24) is 15.1 Å². The van der Waals surface area contributed by atoms with Crippen LogP contribution in [0.15, 0.2) is 24.3 Å². The number of aryl methyl sites for hydroxylation is 2. The van der Waals surface area contributed by atoms with Gasteiger partial charge in [0, 0.05) is 24.3 Å². The summed E-state index contributed by atoms with van der Waals surface area (Å²) in [5.74, 6) is 0. The molecule has 22 heavy (non-hydrogen) atoms. The van der Waals surface area contributed by atoms with E-state index in [1.54, 1.807) is 0 Å². The number of nitrogens with zero attached hydrogens (tertiary/aromatic N) is 2. The molecule has 120 valence electrons. The maximum Gasteiger partial charge on any atom is 0.0914 e. The van der Waals surface area contributed by atoms with Crippen LogP contribution in [0.4, 0.5) is 0 Å². The van der Waals surface area contributed by atoms with Gasteiger partial charge in [-0.1, -0.05) is 29.8 Å². The van der Waals surface area contributed by atoms with Gasteiger partial charge < -0.3 is 15.5 Å². The molecule has 0 aliphatic carbocycles. The van der Waals surface area contributed by atoms with E-state index in [-0.39, 0.29) is 6.61 Å². The van der Waals surface area contributed by atoms with Crippen molar-refractivity contribution < 1.29 is 10.2 Å². The molecule has 1 heterocycles. The topological polar surface area (TPSA) is 70.3 Å². The second-order valence-electron chi connectivity index (χ2n) is 5.65. The molecule has 5 heteroatoms. The first kappa shape index (κ1) is 16.7. The molecule has 0 aliphatic heterocycles. The zero-order valence-corrected chi connectivity index (χ0v) is 13.5. The second-order valence-corrected chi connectivity index (χ2v) is 5.65. The Morgan fingerprint density at radius 3 is 2.50 bits per heavy atom. The summed E-state index contributed by atoms with van der Waals surface area (Å²) in [5.41, 5.74) is 5.26. The molecule has 0 radical (unpaired) electrons. The number of benzene rings is 1. The normalized spacial score (nSPS) is 12.6. The van der Waals surface area contributed by atoms with Crippen LogP contribution in [0.1, 0.15) is 34.2 Å². The highest BCUT2D eigenvalue weighted by Gasteiger charge is 2.12. The Bertz CT molecular complexity index is 605. The van der Waals surface area contributed by atoms with Crippen LogP contribution < -0.4 is 5.32 Å². The molecule has 0 bridgehead atoms. The van der Waals surface area contributed by atoms with E-state index >= 15 is 0 Å². The predicted octanol–water partition coefficient (Wildman–Crippen LogP) is 1.62. The van der Waals surface area contributed by atoms with Crippen LogP contribution in [0, 0.1) is 20.8 Å². The Balaban J connectivity index is 1.92. The van der Waals surface area contributed by atoms with Crippen LogP contribution >= 0.6 is 0 Å². The monoisotopic (exact) mass is 303 g/mol. The fourth-order valence-electron chi connectivity index (χ4n) is 2.54. The van der Waals surface area contributed by atoms with Gasteiger partial charge in [-0.3, -0.25) is 4.68 Å². The maximum absolute atomic E-state index is 10.2. The third-order valence-corrected chi connectivity index (χ3v) is 3.94. The van der Waals surface area contributed by atoms with E-state index in [4.69, 9.17) is 5.11 Å². The Morgan fingerprint density at radius 1 is 1.18 bits per heavy atom. The first-order valence-corrected chi connectivity index (χ1v) is 7.62.